The molecule has 0 fully saturated rings. The van der Waals surface area contributed by atoms with Gasteiger partial charge in [0, 0.05) is 24.9 Å². The number of rotatable bonds is 5. The maximum Gasteiger partial charge on any atom is 0.133 e. The second-order valence-corrected chi connectivity index (χ2v) is 5.11. The number of ether oxygens (including phenoxy) is 1. The van der Waals surface area contributed by atoms with Gasteiger partial charge in [-0.2, -0.15) is 0 Å². The molecule has 0 spiro atoms. The lowest BCUT2D eigenvalue weighted by Crippen LogP contribution is -2.06. The SMILES string of the molecule is COCc1cccc(CNc2ncnc3c2CCC3)c1. The summed E-state index contributed by atoms with van der Waals surface area (Å²) in [6.45, 7) is 1.43. The van der Waals surface area contributed by atoms with Crippen LogP contribution in [0.3, 0.4) is 0 Å². The van der Waals surface area contributed by atoms with E-state index >= 15 is 0 Å². The van der Waals surface area contributed by atoms with Gasteiger partial charge in [-0.1, -0.05) is 24.3 Å². The first-order valence-corrected chi connectivity index (χ1v) is 7.00. The summed E-state index contributed by atoms with van der Waals surface area (Å²) in [6.07, 6.45) is 5.01. The van der Waals surface area contributed by atoms with Crippen LogP contribution in [0, 0.1) is 0 Å². The van der Waals surface area contributed by atoms with Crippen molar-refractivity contribution in [2.45, 2.75) is 32.4 Å². The highest BCUT2D eigenvalue weighted by Gasteiger charge is 2.16. The highest BCUT2D eigenvalue weighted by Crippen LogP contribution is 2.25. The summed E-state index contributed by atoms with van der Waals surface area (Å²) in [6, 6.07) is 8.43. The summed E-state index contributed by atoms with van der Waals surface area (Å²) in [5.41, 5.74) is 4.93. The van der Waals surface area contributed by atoms with Gasteiger partial charge in [-0.05, 0) is 30.4 Å². The van der Waals surface area contributed by atoms with Crippen LogP contribution in [-0.2, 0) is 30.7 Å². The molecule has 0 amide bonds. The number of hydrogen-bond acceptors (Lipinski definition) is 4. The van der Waals surface area contributed by atoms with Crippen molar-refractivity contribution in [2.24, 2.45) is 0 Å². The van der Waals surface area contributed by atoms with Crippen molar-refractivity contribution < 1.29 is 4.74 Å². The van der Waals surface area contributed by atoms with Crippen molar-refractivity contribution in [3.63, 3.8) is 0 Å². The largest absolute Gasteiger partial charge is 0.380 e. The van der Waals surface area contributed by atoms with E-state index in [-0.39, 0.29) is 0 Å². The molecule has 0 saturated carbocycles. The van der Waals surface area contributed by atoms with Gasteiger partial charge in [-0.15, -0.1) is 0 Å². The van der Waals surface area contributed by atoms with Crippen molar-refractivity contribution in [1.82, 2.24) is 9.97 Å². The average Bonchev–Trinajstić information content (AvgIpc) is 2.95. The van der Waals surface area contributed by atoms with Crippen LogP contribution in [0.4, 0.5) is 5.82 Å². The molecule has 0 atom stereocenters. The zero-order chi connectivity index (χ0) is 13.8. The number of fused-ring (bicyclic) bond motifs is 1. The topological polar surface area (TPSA) is 47.0 Å². The Hall–Kier alpha value is -1.94. The Labute approximate surface area is 119 Å². The van der Waals surface area contributed by atoms with E-state index in [0.717, 1.165) is 25.2 Å². The minimum Gasteiger partial charge on any atom is -0.380 e. The van der Waals surface area contributed by atoms with Gasteiger partial charge in [-0.3, -0.25) is 0 Å². The van der Waals surface area contributed by atoms with Gasteiger partial charge in [0.25, 0.3) is 0 Å². The predicted octanol–water partition coefficient (Wildman–Crippen LogP) is 2.72. The third kappa shape index (κ3) is 2.80. The summed E-state index contributed by atoms with van der Waals surface area (Å²) in [5, 5.41) is 3.44. The van der Waals surface area contributed by atoms with Crippen molar-refractivity contribution >= 4 is 5.82 Å². The third-order valence-corrected chi connectivity index (χ3v) is 3.64. The molecule has 4 heteroatoms. The van der Waals surface area contributed by atoms with Gasteiger partial charge in [0.05, 0.1) is 6.61 Å². The average molecular weight is 269 g/mol. The van der Waals surface area contributed by atoms with Gasteiger partial charge >= 0.3 is 0 Å². The smallest absolute Gasteiger partial charge is 0.133 e. The third-order valence-electron chi connectivity index (χ3n) is 3.64. The number of anilines is 1. The zero-order valence-corrected chi connectivity index (χ0v) is 11.7. The van der Waals surface area contributed by atoms with Crippen LogP contribution in [0.2, 0.25) is 0 Å². The van der Waals surface area contributed by atoms with Crippen molar-refractivity contribution in [2.75, 3.05) is 12.4 Å². The number of methoxy groups -OCH3 is 1. The molecule has 4 nitrogen and oxygen atoms in total. The fraction of sp³-hybridized carbons (Fsp3) is 0.375. The molecule has 1 aromatic carbocycles. The Balaban J connectivity index is 1.71. The Morgan fingerprint density at radius 2 is 2.10 bits per heavy atom. The Morgan fingerprint density at radius 1 is 1.20 bits per heavy atom. The first-order valence-electron chi connectivity index (χ1n) is 7.00. The molecule has 1 N–H and O–H groups in total. The summed E-state index contributed by atoms with van der Waals surface area (Å²) >= 11 is 0. The van der Waals surface area contributed by atoms with Crippen molar-refractivity contribution in [3.05, 3.63) is 53.0 Å². The molecule has 104 valence electrons. The number of nitrogens with zero attached hydrogens (tertiary/aromatic N) is 2. The van der Waals surface area contributed by atoms with E-state index in [1.54, 1.807) is 13.4 Å². The zero-order valence-electron chi connectivity index (χ0n) is 11.7. The van der Waals surface area contributed by atoms with Crippen LogP contribution in [0.25, 0.3) is 0 Å². The van der Waals surface area contributed by atoms with Crippen LogP contribution in [0.5, 0.6) is 0 Å². The maximum absolute atomic E-state index is 5.17. The standard InChI is InChI=1S/C16H19N3O/c1-20-10-13-5-2-4-12(8-13)9-17-16-14-6-3-7-15(14)18-11-19-16/h2,4-5,8,11H,3,6-7,9-10H2,1H3,(H,17,18,19). The molecule has 1 aliphatic rings. The van der Waals surface area contributed by atoms with E-state index in [0.29, 0.717) is 6.61 Å². The fourth-order valence-corrected chi connectivity index (χ4v) is 2.69. The van der Waals surface area contributed by atoms with Gasteiger partial charge in [0.2, 0.25) is 0 Å². The lowest BCUT2D eigenvalue weighted by Gasteiger charge is -2.10. The number of benzene rings is 1. The lowest BCUT2D eigenvalue weighted by atomic mass is 10.1. The molecular weight excluding hydrogens is 250 g/mol. The first-order chi connectivity index (χ1) is 9.86. The van der Waals surface area contributed by atoms with E-state index in [1.807, 2.05) is 0 Å². The highest BCUT2D eigenvalue weighted by atomic mass is 16.5. The monoisotopic (exact) mass is 269 g/mol. The van der Waals surface area contributed by atoms with E-state index in [9.17, 15) is 0 Å². The molecule has 0 aliphatic heterocycles. The van der Waals surface area contributed by atoms with Crippen LogP contribution >= 0.6 is 0 Å². The lowest BCUT2D eigenvalue weighted by molar-refractivity contribution is 0.185. The molecule has 0 radical (unpaired) electrons. The second kappa shape index (κ2) is 6.01. The molecule has 1 heterocycles. The summed E-state index contributed by atoms with van der Waals surface area (Å²) in [5.74, 6) is 0.990. The first kappa shape index (κ1) is 13.1. The van der Waals surface area contributed by atoms with Gasteiger partial charge in [0.1, 0.15) is 12.1 Å². The van der Waals surface area contributed by atoms with Crippen LogP contribution in [0.1, 0.15) is 28.8 Å². The molecule has 20 heavy (non-hydrogen) atoms. The summed E-state index contributed by atoms with van der Waals surface area (Å²) in [7, 11) is 1.72. The van der Waals surface area contributed by atoms with Gasteiger partial charge in [-0.25, -0.2) is 9.97 Å². The molecule has 3 rings (SSSR count). The molecule has 2 aromatic rings. The molecule has 1 aliphatic carbocycles. The number of aryl methyl sites for hydroxylation is 1. The Morgan fingerprint density at radius 3 is 3.00 bits per heavy atom. The highest BCUT2D eigenvalue weighted by molar-refractivity contribution is 5.48. The van der Waals surface area contributed by atoms with Crippen LogP contribution in [-0.4, -0.2) is 17.1 Å². The van der Waals surface area contributed by atoms with Crippen molar-refractivity contribution in [1.29, 1.82) is 0 Å². The molecule has 0 unspecified atom stereocenters. The maximum atomic E-state index is 5.17. The second-order valence-electron chi connectivity index (χ2n) is 5.11. The van der Waals surface area contributed by atoms with Gasteiger partial charge in [0.15, 0.2) is 0 Å². The van der Waals surface area contributed by atoms with E-state index in [4.69, 9.17) is 4.74 Å². The molecule has 1 aromatic heterocycles. The van der Waals surface area contributed by atoms with Crippen molar-refractivity contribution in [3.8, 4) is 0 Å². The minimum absolute atomic E-state index is 0.650. The quantitative estimate of drug-likeness (QED) is 0.906. The number of hydrogen-bond donors (Lipinski definition) is 1. The molecule has 0 bridgehead atoms. The normalized spacial score (nSPS) is 13.2. The van der Waals surface area contributed by atoms with Gasteiger partial charge < -0.3 is 10.1 Å². The minimum atomic E-state index is 0.650. The Bertz CT molecular complexity index is 598. The van der Waals surface area contributed by atoms with E-state index in [2.05, 4.69) is 39.6 Å². The van der Waals surface area contributed by atoms with E-state index in [1.165, 1.54) is 28.8 Å². The Kier molecular flexibility index (Phi) is 3.92. The fourth-order valence-electron chi connectivity index (χ4n) is 2.69. The molecule has 0 saturated heterocycles. The van der Waals surface area contributed by atoms with E-state index < -0.39 is 0 Å². The summed E-state index contributed by atoms with van der Waals surface area (Å²) < 4.78 is 5.17. The number of nitrogens with one attached hydrogen (secondary N) is 1. The predicted molar refractivity (Wildman–Crippen MR) is 78.5 cm³/mol. The van der Waals surface area contributed by atoms with Crippen LogP contribution < -0.4 is 5.32 Å². The molecular formula is C16H19N3O. The summed E-state index contributed by atoms with van der Waals surface area (Å²) in [4.78, 5) is 8.72. The number of aromatic nitrogens is 2. The van der Waals surface area contributed by atoms with Crippen LogP contribution in [0.15, 0.2) is 30.6 Å².